The number of nitrogens with zero attached hydrogens (tertiary/aromatic N) is 2. The largest absolute Gasteiger partial charge is 0.490 e. The molecule has 1 N–H and O–H groups in total. The molecule has 0 spiro atoms. The molecule has 0 aliphatic heterocycles. The molecule has 0 fully saturated rings. The third-order valence-electron chi connectivity index (χ3n) is 5.39. The van der Waals surface area contributed by atoms with E-state index in [0.717, 1.165) is 11.1 Å². The van der Waals surface area contributed by atoms with Crippen molar-refractivity contribution >= 4 is 35.0 Å². The lowest BCUT2D eigenvalue weighted by atomic mass is 10.1. The van der Waals surface area contributed by atoms with Gasteiger partial charge in [-0.15, -0.1) is 0 Å². The normalized spacial score (nSPS) is 10.9. The van der Waals surface area contributed by atoms with Gasteiger partial charge in [-0.2, -0.15) is 5.26 Å². The van der Waals surface area contributed by atoms with Gasteiger partial charge >= 0.3 is 0 Å². The number of nitrogens with one attached hydrogen (secondary N) is 1. The number of non-ortho nitro benzene ring substituents is 1. The Morgan fingerprint density at radius 3 is 2.53 bits per heavy atom. The van der Waals surface area contributed by atoms with E-state index in [1.807, 2.05) is 32.0 Å². The van der Waals surface area contributed by atoms with Crippen molar-refractivity contribution in [1.29, 1.82) is 5.26 Å². The van der Waals surface area contributed by atoms with Gasteiger partial charge in [-0.1, -0.05) is 23.7 Å². The molecule has 9 heteroatoms. The Labute approximate surface area is 213 Å². The number of halogens is 1. The van der Waals surface area contributed by atoms with Crippen LogP contribution in [0.1, 0.15) is 29.2 Å². The second kappa shape index (κ2) is 11.9. The average Bonchev–Trinajstić information content (AvgIpc) is 2.85. The van der Waals surface area contributed by atoms with Gasteiger partial charge in [0.25, 0.3) is 11.6 Å². The van der Waals surface area contributed by atoms with Crippen molar-refractivity contribution in [2.45, 2.75) is 27.4 Å². The van der Waals surface area contributed by atoms with Crippen molar-refractivity contribution < 1.29 is 19.2 Å². The van der Waals surface area contributed by atoms with Crippen LogP contribution in [0, 0.1) is 35.3 Å². The number of anilines is 1. The Bertz CT molecular complexity index is 1360. The summed E-state index contributed by atoms with van der Waals surface area (Å²) in [6.07, 6.45) is 1.43. The number of amides is 1. The maximum atomic E-state index is 12.8. The van der Waals surface area contributed by atoms with Crippen molar-refractivity contribution in [1.82, 2.24) is 0 Å². The van der Waals surface area contributed by atoms with Gasteiger partial charge in [0, 0.05) is 17.8 Å². The molecule has 3 aromatic carbocycles. The van der Waals surface area contributed by atoms with Gasteiger partial charge < -0.3 is 14.8 Å². The molecule has 3 rings (SSSR count). The van der Waals surface area contributed by atoms with Crippen LogP contribution in [0.25, 0.3) is 6.08 Å². The molecule has 1 amide bonds. The topological polar surface area (TPSA) is 114 Å². The number of nitriles is 1. The van der Waals surface area contributed by atoms with Gasteiger partial charge in [0.15, 0.2) is 11.5 Å². The van der Waals surface area contributed by atoms with Crippen LogP contribution in [0.3, 0.4) is 0 Å². The lowest BCUT2D eigenvalue weighted by Gasteiger charge is -2.15. The first-order valence-corrected chi connectivity index (χ1v) is 11.4. The van der Waals surface area contributed by atoms with Gasteiger partial charge in [-0.05, 0) is 79.4 Å². The molecule has 0 unspecified atom stereocenters. The highest BCUT2D eigenvalue weighted by Gasteiger charge is 2.16. The van der Waals surface area contributed by atoms with Crippen molar-refractivity contribution in [3.63, 3.8) is 0 Å². The van der Waals surface area contributed by atoms with Gasteiger partial charge in [0.05, 0.1) is 16.6 Å². The molecular weight excluding hydrogens is 482 g/mol. The molecule has 3 aromatic rings. The lowest BCUT2D eigenvalue weighted by Crippen LogP contribution is -2.14. The highest BCUT2D eigenvalue weighted by molar-refractivity contribution is 6.32. The summed E-state index contributed by atoms with van der Waals surface area (Å²) >= 11 is 6.47. The summed E-state index contributed by atoms with van der Waals surface area (Å²) in [6.45, 7) is 6.07. The zero-order chi connectivity index (χ0) is 26.2. The molecule has 0 aromatic heterocycles. The number of hydrogen-bond donors (Lipinski definition) is 1. The minimum atomic E-state index is -0.543. The zero-order valence-corrected chi connectivity index (χ0v) is 20.8. The summed E-state index contributed by atoms with van der Waals surface area (Å²) in [6, 6.07) is 16.6. The highest BCUT2D eigenvalue weighted by Crippen LogP contribution is 2.38. The van der Waals surface area contributed by atoms with Crippen LogP contribution in [0.5, 0.6) is 11.5 Å². The number of nitro benzene ring substituents is 1. The monoisotopic (exact) mass is 505 g/mol. The third-order valence-corrected chi connectivity index (χ3v) is 5.67. The number of ether oxygens (including phenoxy) is 2. The van der Waals surface area contributed by atoms with Gasteiger partial charge in [0.1, 0.15) is 18.2 Å². The van der Waals surface area contributed by atoms with E-state index in [0.29, 0.717) is 29.2 Å². The highest BCUT2D eigenvalue weighted by atomic mass is 35.5. The van der Waals surface area contributed by atoms with Crippen LogP contribution >= 0.6 is 11.6 Å². The first-order valence-electron chi connectivity index (χ1n) is 11.0. The summed E-state index contributed by atoms with van der Waals surface area (Å²) in [5.41, 5.74) is 3.64. The third kappa shape index (κ3) is 6.40. The fourth-order valence-corrected chi connectivity index (χ4v) is 3.61. The molecule has 0 heterocycles. The Hall–Kier alpha value is -4.35. The predicted octanol–water partition coefficient (Wildman–Crippen LogP) is 6.39. The van der Waals surface area contributed by atoms with Crippen LogP contribution in [-0.2, 0) is 11.4 Å². The summed E-state index contributed by atoms with van der Waals surface area (Å²) in [4.78, 5) is 23.1. The van der Waals surface area contributed by atoms with E-state index in [1.54, 1.807) is 37.3 Å². The van der Waals surface area contributed by atoms with Crippen LogP contribution in [0.15, 0.2) is 60.2 Å². The summed E-state index contributed by atoms with van der Waals surface area (Å²) in [5.74, 6) is 0.0801. The van der Waals surface area contributed by atoms with Crippen molar-refractivity contribution in [2.75, 3.05) is 11.9 Å². The van der Waals surface area contributed by atoms with E-state index in [2.05, 4.69) is 5.32 Å². The molecule has 0 saturated heterocycles. The van der Waals surface area contributed by atoms with E-state index < -0.39 is 10.8 Å². The minimum Gasteiger partial charge on any atom is -0.490 e. The van der Waals surface area contributed by atoms with Gasteiger partial charge in [-0.3, -0.25) is 14.9 Å². The Morgan fingerprint density at radius 2 is 1.89 bits per heavy atom. The van der Waals surface area contributed by atoms with Crippen LogP contribution in [-0.4, -0.2) is 17.4 Å². The fraction of sp³-hybridized carbons (Fsp3) is 0.185. The lowest BCUT2D eigenvalue weighted by molar-refractivity contribution is -0.384. The molecule has 0 atom stereocenters. The Balaban J connectivity index is 1.84. The number of nitro groups is 1. The van der Waals surface area contributed by atoms with E-state index in [9.17, 15) is 20.2 Å². The molecule has 0 aliphatic carbocycles. The first kappa shape index (κ1) is 26.3. The smallest absolute Gasteiger partial charge is 0.269 e. The SMILES string of the molecule is CCOc1cc(/C=C(\C#N)C(=O)Nc2cccc(C)c2C)cc(Cl)c1OCc1ccc([N+](=O)[O-])cc1. The number of carbonyl (C=O) groups is 1. The van der Waals surface area contributed by atoms with Gasteiger partial charge in [0.2, 0.25) is 0 Å². The van der Waals surface area contributed by atoms with Crippen molar-refractivity contribution in [3.05, 3.63) is 97.6 Å². The number of hydrogen-bond acceptors (Lipinski definition) is 6. The molecule has 0 bridgehead atoms. The molecule has 36 heavy (non-hydrogen) atoms. The minimum absolute atomic E-state index is 0.0159. The number of rotatable bonds is 9. The Morgan fingerprint density at radius 1 is 1.17 bits per heavy atom. The van der Waals surface area contributed by atoms with E-state index >= 15 is 0 Å². The van der Waals surface area contributed by atoms with Crippen molar-refractivity contribution in [3.8, 4) is 17.6 Å². The predicted molar refractivity (Wildman–Crippen MR) is 138 cm³/mol. The summed E-state index contributed by atoms with van der Waals surface area (Å²) < 4.78 is 11.5. The fourth-order valence-electron chi connectivity index (χ4n) is 3.34. The second-order valence-corrected chi connectivity index (χ2v) is 8.25. The summed E-state index contributed by atoms with van der Waals surface area (Å²) in [7, 11) is 0. The maximum Gasteiger partial charge on any atom is 0.269 e. The quantitative estimate of drug-likeness (QED) is 0.156. The number of carbonyl (C=O) groups excluding carboxylic acids is 1. The van der Waals surface area contributed by atoms with E-state index in [1.165, 1.54) is 18.2 Å². The van der Waals surface area contributed by atoms with Crippen LogP contribution in [0.4, 0.5) is 11.4 Å². The molecular formula is C27H24ClN3O5. The van der Waals surface area contributed by atoms with Crippen LogP contribution < -0.4 is 14.8 Å². The second-order valence-electron chi connectivity index (χ2n) is 7.85. The first-order chi connectivity index (χ1) is 17.2. The standard InChI is InChI=1S/C27H24ClN3O5/c1-4-35-25-14-20(12-21(15-29)27(32)30-24-7-5-6-17(2)18(24)3)13-23(28)26(25)36-16-19-8-10-22(11-9-19)31(33)34/h5-14H,4,16H2,1-3H3,(H,30,32)/b21-12+. The number of aryl methyl sites for hydroxylation is 1. The molecule has 0 saturated carbocycles. The molecule has 8 nitrogen and oxygen atoms in total. The van der Waals surface area contributed by atoms with E-state index in [-0.39, 0.29) is 28.6 Å². The maximum absolute atomic E-state index is 12.8. The number of benzene rings is 3. The van der Waals surface area contributed by atoms with Crippen LogP contribution in [0.2, 0.25) is 5.02 Å². The molecule has 184 valence electrons. The average molecular weight is 506 g/mol. The van der Waals surface area contributed by atoms with Crippen molar-refractivity contribution in [2.24, 2.45) is 0 Å². The summed E-state index contributed by atoms with van der Waals surface area (Å²) in [5, 5.41) is 23.4. The van der Waals surface area contributed by atoms with E-state index in [4.69, 9.17) is 21.1 Å². The zero-order valence-electron chi connectivity index (χ0n) is 20.0. The molecule has 0 radical (unpaired) electrons. The Kier molecular flexibility index (Phi) is 8.66. The molecule has 0 aliphatic rings. The van der Waals surface area contributed by atoms with Gasteiger partial charge in [-0.25, -0.2) is 0 Å².